The first-order valence-corrected chi connectivity index (χ1v) is 5.07. The fraction of sp³-hybridized carbons (Fsp3) is 0.333. The summed E-state index contributed by atoms with van der Waals surface area (Å²) in [5, 5.41) is 2.85. The highest BCUT2D eigenvalue weighted by atomic mass is 16.2. The molecule has 3 heteroatoms. The predicted molar refractivity (Wildman–Crippen MR) is 57.7 cm³/mol. The SMILES string of the molecule is CC1Cc2c(CC=O)cccc2NC1=O. The molecule has 0 aromatic heterocycles. The molecule has 1 aromatic carbocycles. The zero-order valence-corrected chi connectivity index (χ0v) is 8.62. The van der Waals surface area contributed by atoms with Gasteiger partial charge in [0.05, 0.1) is 0 Å². The number of anilines is 1. The van der Waals surface area contributed by atoms with E-state index in [1.54, 1.807) is 0 Å². The summed E-state index contributed by atoms with van der Waals surface area (Å²) in [4.78, 5) is 22.0. The van der Waals surface area contributed by atoms with Crippen LogP contribution in [0.2, 0.25) is 0 Å². The lowest BCUT2D eigenvalue weighted by Crippen LogP contribution is -2.28. The standard InChI is InChI=1S/C12H13NO2/c1-8-7-10-9(5-6-14)3-2-4-11(10)13-12(8)15/h2-4,6,8H,5,7H2,1H3,(H,13,15). The molecule has 0 saturated carbocycles. The molecule has 1 aliphatic rings. The molecule has 1 N–H and O–H groups in total. The Morgan fingerprint density at radius 3 is 3.07 bits per heavy atom. The molecule has 0 radical (unpaired) electrons. The highest BCUT2D eigenvalue weighted by Crippen LogP contribution is 2.28. The summed E-state index contributed by atoms with van der Waals surface area (Å²) < 4.78 is 0. The fourth-order valence-corrected chi connectivity index (χ4v) is 1.93. The lowest BCUT2D eigenvalue weighted by molar-refractivity contribution is -0.119. The minimum Gasteiger partial charge on any atom is -0.326 e. The monoisotopic (exact) mass is 203 g/mol. The predicted octanol–water partition coefficient (Wildman–Crippen LogP) is 1.56. The summed E-state index contributed by atoms with van der Waals surface area (Å²) in [5.74, 6) is 0.0519. The number of benzene rings is 1. The van der Waals surface area contributed by atoms with Gasteiger partial charge in [0.2, 0.25) is 5.91 Å². The molecular weight excluding hydrogens is 190 g/mol. The van der Waals surface area contributed by atoms with Crippen molar-refractivity contribution in [2.45, 2.75) is 19.8 Å². The van der Waals surface area contributed by atoms with Crippen LogP contribution >= 0.6 is 0 Å². The van der Waals surface area contributed by atoms with Crippen molar-refractivity contribution < 1.29 is 9.59 Å². The number of amides is 1. The maximum Gasteiger partial charge on any atom is 0.227 e. The Balaban J connectivity index is 2.42. The van der Waals surface area contributed by atoms with Gasteiger partial charge in [-0.1, -0.05) is 19.1 Å². The van der Waals surface area contributed by atoms with Crippen LogP contribution in [0, 0.1) is 5.92 Å². The molecule has 1 atom stereocenters. The third-order valence-electron chi connectivity index (χ3n) is 2.79. The summed E-state index contributed by atoms with van der Waals surface area (Å²) in [6.45, 7) is 1.90. The van der Waals surface area contributed by atoms with Crippen LogP contribution in [0.5, 0.6) is 0 Å². The second-order valence-corrected chi connectivity index (χ2v) is 3.91. The number of nitrogens with one attached hydrogen (secondary N) is 1. The third-order valence-corrected chi connectivity index (χ3v) is 2.79. The van der Waals surface area contributed by atoms with Crippen LogP contribution in [0.25, 0.3) is 0 Å². The Morgan fingerprint density at radius 1 is 1.53 bits per heavy atom. The first-order valence-electron chi connectivity index (χ1n) is 5.07. The van der Waals surface area contributed by atoms with Gasteiger partial charge in [-0.25, -0.2) is 0 Å². The molecule has 1 amide bonds. The Hall–Kier alpha value is -1.64. The molecule has 0 fully saturated rings. The van der Waals surface area contributed by atoms with Crippen molar-refractivity contribution in [1.82, 2.24) is 0 Å². The molecular formula is C12H13NO2. The first kappa shape index (κ1) is 9.90. The van der Waals surface area contributed by atoms with Gasteiger partial charge in [0.25, 0.3) is 0 Å². The Bertz CT molecular complexity index is 398. The lowest BCUT2D eigenvalue weighted by Gasteiger charge is -2.23. The smallest absolute Gasteiger partial charge is 0.227 e. The Kier molecular flexibility index (Phi) is 2.54. The van der Waals surface area contributed by atoms with Crippen LogP contribution in [0.3, 0.4) is 0 Å². The minimum absolute atomic E-state index is 0.00898. The van der Waals surface area contributed by atoms with Gasteiger partial charge in [-0.2, -0.15) is 0 Å². The van der Waals surface area contributed by atoms with Gasteiger partial charge >= 0.3 is 0 Å². The van der Waals surface area contributed by atoms with Crippen molar-refractivity contribution in [1.29, 1.82) is 0 Å². The van der Waals surface area contributed by atoms with E-state index in [1.165, 1.54) is 0 Å². The highest BCUT2D eigenvalue weighted by molar-refractivity contribution is 5.95. The fourth-order valence-electron chi connectivity index (χ4n) is 1.93. The number of hydrogen-bond donors (Lipinski definition) is 1. The Morgan fingerprint density at radius 2 is 2.33 bits per heavy atom. The zero-order chi connectivity index (χ0) is 10.8. The quantitative estimate of drug-likeness (QED) is 0.741. The van der Waals surface area contributed by atoms with Crippen molar-refractivity contribution in [3.05, 3.63) is 29.3 Å². The normalized spacial score (nSPS) is 19.3. The Labute approximate surface area is 88.5 Å². The maximum absolute atomic E-state index is 11.4. The van der Waals surface area contributed by atoms with E-state index in [2.05, 4.69) is 5.32 Å². The van der Waals surface area contributed by atoms with E-state index in [0.29, 0.717) is 6.42 Å². The number of hydrogen-bond acceptors (Lipinski definition) is 2. The van der Waals surface area contributed by atoms with Crippen LogP contribution in [0.15, 0.2) is 18.2 Å². The molecule has 2 rings (SSSR count). The van der Waals surface area contributed by atoms with E-state index in [1.807, 2.05) is 25.1 Å². The molecule has 0 saturated heterocycles. The van der Waals surface area contributed by atoms with Crippen LogP contribution in [-0.4, -0.2) is 12.2 Å². The van der Waals surface area contributed by atoms with Gasteiger partial charge in [0, 0.05) is 18.0 Å². The van der Waals surface area contributed by atoms with Gasteiger partial charge in [-0.05, 0) is 23.6 Å². The van der Waals surface area contributed by atoms with Crippen LogP contribution < -0.4 is 5.32 Å². The molecule has 1 aromatic rings. The first-order chi connectivity index (χ1) is 7.22. The van der Waals surface area contributed by atoms with Crippen LogP contribution in [-0.2, 0) is 22.4 Å². The average Bonchev–Trinajstić information content (AvgIpc) is 2.21. The highest BCUT2D eigenvalue weighted by Gasteiger charge is 2.23. The van der Waals surface area contributed by atoms with Gasteiger partial charge in [0.1, 0.15) is 6.29 Å². The van der Waals surface area contributed by atoms with Gasteiger partial charge in [-0.15, -0.1) is 0 Å². The van der Waals surface area contributed by atoms with Crippen molar-refractivity contribution in [2.24, 2.45) is 5.92 Å². The second kappa shape index (κ2) is 3.85. The minimum atomic E-state index is -0.00898. The average molecular weight is 203 g/mol. The van der Waals surface area contributed by atoms with Crippen LogP contribution in [0.1, 0.15) is 18.1 Å². The second-order valence-electron chi connectivity index (χ2n) is 3.91. The van der Waals surface area contributed by atoms with Gasteiger partial charge in [-0.3, -0.25) is 4.79 Å². The van der Waals surface area contributed by atoms with E-state index in [-0.39, 0.29) is 11.8 Å². The van der Waals surface area contributed by atoms with Crippen LogP contribution in [0.4, 0.5) is 5.69 Å². The van der Waals surface area contributed by atoms with Crippen molar-refractivity contribution in [2.75, 3.05) is 5.32 Å². The molecule has 1 heterocycles. The summed E-state index contributed by atoms with van der Waals surface area (Å²) in [5.41, 5.74) is 2.99. The molecule has 1 aliphatic heterocycles. The van der Waals surface area contributed by atoms with Crippen molar-refractivity contribution in [3.63, 3.8) is 0 Å². The third kappa shape index (κ3) is 1.77. The number of aldehydes is 1. The lowest BCUT2D eigenvalue weighted by atomic mass is 9.90. The molecule has 0 spiro atoms. The molecule has 3 nitrogen and oxygen atoms in total. The molecule has 0 bridgehead atoms. The van der Waals surface area contributed by atoms with E-state index >= 15 is 0 Å². The van der Waals surface area contributed by atoms with E-state index in [0.717, 1.165) is 29.5 Å². The molecule has 78 valence electrons. The molecule has 1 unspecified atom stereocenters. The van der Waals surface area contributed by atoms with Crippen molar-refractivity contribution in [3.8, 4) is 0 Å². The zero-order valence-electron chi connectivity index (χ0n) is 8.62. The largest absolute Gasteiger partial charge is 0.326 e. The van der Waals surface area contributed by atoms with E-state index < -0.39 is 0 Å². The van der Waals surface area contributed by atoms with E-state index in [4.69, 9.17) is 0 Å². The summed E-state index contributed by atoms with van der Waals surface area (Å²) in [6.07, 6.45) is 2.05. The number of carbonyl (C=O) groups is 2. The maximum atomic E-state index is 11.4. The van der Waals surface area contributed by atoms with Gasteiger partial charge in [0.15, 0.2) is 0 Å². The topological polar surface area (TPSA) is 46.2 Å². The molecule has 0 aliphatic carbocycles. The van der Waals surface area contributed by atoms with Gasteiger partial charge < -0.3 is 10.1 Å². The summed E-state index contributed by atoms with van der Waals surface area (Å²) >= 11 is 0. The molecule has 15 heavy (non-hydrogen) atoms. The number of carbonyl (C=O) groups excluding carboxylic acids is 2. The summed E-state index contributed by atoms with van der Waals surface area (Å²) in [6, 6.07) is 5.69. The summed E-state index contributed by atoms with van der Waals surface area (Å²) in [7, 11) is 0. The number of fused-ring (bicyclic) bond motifs is 1. The van der Waals surface area contributed by atoms with Crippen molar-refractivity contribution >= 4 is 17.9 Å². The number of rotatable bonds is 2. The van der Waals surface area contributed by atoms with E-state index in [9.17, 15) is 9.59 Å².